The van der Waals surface area contributed by atoms with Gasteiger partial charge in [0.05, 0.1) is 12.2 Å². The van der Waals surface area contributed by atoms with Crippen molar-refractivity contribution in [2.24, 2.45) is 0 Å². The Morgan fingerprint density at radius 2 is 2.15 bits per heavy atom. The third kappa shape index (κ3) is 4.49. The summed E-state index contributed by atoms with van der Waals surface area (Å²) in [4.78, 5) is 17.7. The van der Waals surface area contributed by atoms with Gasteiger partial charge in [-0.2, -0.15) is 5.06 Å². The molecule has 1 saturated heterocycles. The molecule has 0 aromatic carbocycles. The van der Waals surface area contributed by atoms with Crippen molar-refractivity contribution in [3.63, 3.8) is 0 Å². The molecule has 1 aliphatic carbocycles. The van der Waals surface area contributed by atoms with Crippen molar-refractivity contribution in [3.8, 4) is 0 Å². The SMILES string of the molecule is CCOC(=O)/C(=C/NC1CC1)CON1CCCC1CC. The normalized spacial score (nSPS) is 23.9. The summed E-state index contributed by atoms with van der Waals surface area (Å²) in [6, 6.07) is 1.00. The van der Waals surface area contributed by atoms with Gasteiger partial charge in [0, 0.05) is 24.8 Å². The van der Waals surface area contributed by atoms with E-state index >= 15 is 0 Å². The summed E-state index contributed by atoms with van der Waals surface area (Å²) in [5.74, 6) is -0.284. The average molecular weight is 282 g/mol. The first-order valence-corrected chi connectivity index (χ1v) is 7.76. The van der Waals surface area contributed by atoms with Crippen molar-refractivity contribution in [2.75, 3.05) is 19.8 Å². The highest BCUT2D eigenvalue weighted by Crippen LogP contribution is 2.21. The van der Waals surface area contributed by atoms with Crippen LogP contribution in [0.1, 0.15) is 46.0 Å². The van der Waals surface area contributed by atoms with Crippen molar-refractivity contribution in [1.82, 2.24) is 10.4 Å². The number of hydrogen-bond donors (Lipinski definition) is 1. The topological polar surface area (TPSA) is 50.8 Å². The van der Waals surface area contributed by atoms with Crippen LogP contribution < -0.4 is 5.32 Å². The zero-order valence-corrected chi connectivity index (χ0v) is 12.6. The molecule has 2 fully saturated rings. The summed E-state index contributed by atoms with van der Waals surface area (Å²) in [5, 5.41) is 5.25. The third-order valence-corrected chi connectivity index (χ3v) is 3.79. The highest BCUT2D eigenvalue weighted by Gasteiger charge is 2.25. The Kier molecular flexibility index (Phi) is 5.86. The van der Waals surface area contributed by atoms with Gasteiger partial charge in [-0.05, 0) is 39.0 Å². The predicted molar refractivity (Wildman–Crippen MR) is 76.8 cm³/mol. The standard InChI is InChI=1S/C15H26N2O3/c1-3-14-6-5-9-17(14)20-11-12(15(18)19-4-2)10-16-13-7-8-13/h10,13-14,16H,3-9,11H2,1-2H3/b12-10+. The average Bonchev–Trinajstić information content (AvgIpc) is 3.16. The van der Waals surface area contributed by atoms with Crippen LogP contribution in [-0.4, -0.2) is 42.9 Å². The molecular formula is C15H26N2O3. The predicted octanol–water partition coefficient (Wildman–Crippen LogP) is 1.99. The summed E-state index contributed by atoms with van der Waals surface area (Å²) >= 11 is 0. The molecule has 0 aromatic heterocycles. The first-order valence-electron chi connectivity index (χ1n) is 7.76. The van der Waals surface area contributed by atoms with Gasteiger partial charge in [-0.1, -0.05) is 6.92 Å². The molecule has 5 nitrogen and oxygen atoms in total. The minimum atomic E-state index is -0.284. The van der Waals surface area contributed by atoms with E-state index in [-0.39, 0.29) is 12.6 Å². The molecule has 0 spiro atoms. The maximum Gasteiger partial charge on any atom is 0.337 e. The fourth-order valence-electron chi connectivity index (χ4n) is 2.39. The van der Waals surface area contributed by atoms with E-state index in [2.05, 4.69) is 12.2 Å². The monoisotopic (exact) mass is 282 g/mol. The first kappa shape index (κ1) is 15.3. The van der Waals surface area contributed by atoms with E-state index in [0.717, 1.165) is 19.4 Å². The first-order chi connectivity index (χ1) is 9.74. The molecule has 1 unspecified atom stereocenters. The molecule has 0 amide bonds. The summed E-state index contributed by atoms with van der Waals surface area (Å²) in [6.45, 7) is 5.61. The maximum atomic E-state index is 11.9. The maximum absolute atomic E-state index is 11.9. The molecule has 0 aromatic rings. The van der Waals surface area contributed by atoms with Gasteiger partial charge in [0.1, 0.15) is 6.61 Å². The Bertz CT molecular complexity index is 353. The smallest absolute Gasteiger partial charge is 0.337 e. The van der Waals surface area contributed by atoms with Crippen LogP contribution in [0.2, 0.25) is 0 Å². The second-order valence-corrected chi connectivity index (χ2v) is 5.45. The van der Waals surface area contributed by atoms with Crippen LogP contribution in [0.15, 0.2) is 11.8 Å². The molecule has 1 aliphatic heterocycles. The largest absolute Gasteiger partial charge is 0.463 e. The molecule has 114 valence electrons. The van der Waals surface area contributed by atoms with Crippen molar-refractivity contribution >= 4 is 5.97 Å². The number of hydroxylamine groups is 2. The van der Waals surface area contributed by atoms with Gasteiger partial charge < -0.3 is 10.1 Å². The third-order valence-electron chi connectivity index (χ3n) is 3.79. The number of carbonyl (C=O) groups is 1. The Labute approximate surface area is 121 Å². The molecule has 2 aliphatic rings. The van der Waals surface area contributed by atoms with E-state index in [1.807, 2.05) is 12.0 Å². The number of esters is 1. The van der Waals surface area contributed by atoms with Gasteiger partial charge in [-0.3, -0.25) is 4.84 Å². The number of nitrogens with one attached hydrogen (secondary N) is 1. The van der Waals surface area contributed by atoms with E-state index in [4.69, 9.17) is 9.57 Å². The van der Waals surface area contributed by atoms with Crippen molar-refractivity contribution in [2.45, 2.75) is 58.0 Å². The highest BCUT2D eigenvalue weighted by atomic mass is 16.7. The highest BCUT2D eigenvalue weighted by molar-refractivity contribution is 5.88. The summed E-state index contributed by atoms with van der Waals surface area (Å²) in [5.41, 5.74) is 0.570. The van der Waals surface area contributed by atoms with E-state index in [0.29, 0.717) is 24.3 Å². The number of ether oxygens (including phenoxy) is 1. The quantitative estimate of drug-likeness (QED) is 0.545. The Hall–Kier alpha value is -1.07. The van der Waals surface area contributed by atoms with Crippen LogP contribution >= 0.6 is 0 Å². The minimum absolute atomic E-state index is 0.284. The molecule has 0 radical (unpaired) electrons. The van der Waals surface area contributed by atoms with Gasteiger partial charge >= 0.3 is 5.97 Å². The molecule has 5 heteroatoms. The van der Waals surface area contributed by atoms with E-state index < -0.39 is 0 Å². The van der Waals surface area contributed by atoms with E-state index in [1.54, 1.807) is 6.20 Å². The van der Waals surface area contributed by atoms with Gasteiger partial charge in [0.15, 0.2) is 0 Å². The second-order valence-electron chi connectivity index (χ2n) is 5.45. The van der Waals surface area contributed by atoms with E-state index in [1.165, 1.54) is 19.3 Å². The number of carbonyl (C=O) groups excluding carboxylic acids is 1. The fourth-order valence-corrected chi connectivity index (χ4v) is 2.39. The molecule has 0 bridgehead atoms. The van der Waals surface area contributed by atoms with Crippen molar-refractivity contribution < 1.29 is 14.4 Å². The second kappa shape index (κ2) is 7.64. The molecular weight excluding hydrogens is 256 g/mol. The Morgan fingerprint density at radius 1 is 1.35 bits per heavy atom. The zero-order valence-electron chi connectivity index (χ0n) is 12.6. The lowest BCUT2D eigenvalue weighted by Crippen LogP contribution is -2.31. The Morgan fingerprint density at radius 3 is 2.80 bits per heavy atom. The van der Waals surface area contributed by atoms with Crippen LogP contribution in [0.25, 0.3) is 0 Å². The number of hydrogen-bond acceptors (Lipinski definition) is 5. The van der Waals surface area contributed by atoms with Crippen LogP contribution in [0.4, 0.5) is 0 Å². The van der Waals surface area contributed by atoms with Gasteiger partial charge in [-0.25, -0.2) is 4.79 Å². The van der Waals surface area contributed by atoms with E-state index in [9.17, 15) is 4.79 Å². The molecule has 1 atom stereocenters. The lowest BCUT2D eigenvalue weighted by atomic mass is 10.2. The number of nitrogens with zero attached hydrogens (tertiary/aromatic N) is 1. The van der Waals surface area contributed by atoms with Crippen molar-refractivity contribution in [3.05, 3.63) is 11.8 Å². The lowest BCUT2D eigenvalue weighted by molar-refractivity contribution is -0.165. The Balaban J connectivity index is 1.85. The number of rotatable bonds is 8. The van der Waals surface area contributed by atoms with Crippen LogP contribution in [-0.2, 0) is 14.4 Å². The van der Waals surface area contributed by atoms with Gasteiger partial charge in [0.25, 0.3) is 0 Å². The fraction of sp³-hybridized carbons (Fsp3) is 0.800. The zero-order chi connectivity index (χ0) is 14.4. The van der Waals surface area contributed by atoms with Crippen molar-refractivity contribution in [1.29, 1.82) is 0 Å². The molecule has 1 N–H and O–H groups in total. The molecule has 2 rings (SSSR count). The van der Waals surface area contributed by atoms with Crippen LogP contribution in [0.3, 0.4) is 0 Å². The lowest BCUT2D eigenvalue weighted by Gasteiger charge is -2.23. The summed E-state index contributed by atoms with van der Waals surface area (Å²) in [7, 11) is 0. The minimum Gasteiger partial charge on any atom is -0.463 e. The molecule has 1 heterocycles. The summed E-state index contributed by atoms with van der Waals surface area (Å²) in [6.07, 6.45) is 7.55. The summed E-state index contributed by atoms with van der Waals surface area (Å²) < 4.78 is 5.08. The molecule has 1 saturated carbocycles. The van der Waals surface area contributed by atoms with Crippen LogP contribution in [0, 0.1) is 0 Å². The van der Waals surface area contributed by atoms with Gasteiger partial charge in [-0.15, -0.1) is 0 Å². The molecule has 20 heavy (non-hydrogen) atoms. The van der Waals surface area contributed by atoms with Gasteiger partial charge in [0.2, 0.25) is 0 Å². The van der Waals surface area contributed by atoms with Crippen LogP contribution in [0.5, 0.6) is 0 Å².